The second kappa shape index (κ2) is 5.91. The Bertz CT molecular complexity index is 561. The average Bonchev–Trinajstić information content (AvgIpc) is 2.34. The van der Waals surface area contributed by atoms with Crippen molar-refractivity contribution in [2.45, 2.75) is 13.0 Å². The Hall–Kier alpha value is -1.09. The van der Waals surface area contributed by atoms with Gasteiger partial charge in [-0.15, -0.1) is 0 Å². The highest BCUT2D eigenvalue weighted by molar-refractivity contribution is 6.41. The molecule has 2 rings (SSSR count). The van der Waals surface area contributed by atoms with E-state index in [0.717, 1.165) is 5.56 Å². The summed E-state index contributed by atoms with van der Waals surface area (Å²) in [6.07, 6.45) is 0. The first-order valence-corrected chi connectivity index (χ1v) is 6.81. The van der Waals surface area contributed by atoms with E-state index in [1.54, 1.807) is 24.3 Å². The van der Waals surface area contributed by atoms with Crippen molar-refractivity contribution in [3.63, 3.8) is 0 Å². The molecule has 0 aromatic heterocycles. The van der Waals surface area contributed by atoms with E-state index >= 15 is 0 Å². The van der Waals surface area contributed by atoms with Crippen molar-refractivity contribution >= 4 is 40.5 Å². The highest BCUT2D eigenvalue weighted by Crippen LogP contribution is 2.35. The van der Waals surface area contributed by atoms with E-state index in [-0.39, 0.29) is 11.8 Å². The fourth-order valence-corrected chi connectivity index (χ4v) is 2.67. The molecule has 0 fully saturated rings. The number of phenolic OH excluding ortho intramolecular Hbond substituents is 1. The molecular formula is C14H12Cl3NO. The molecule has 0 amide bonds. The molecule has 5 heteroatoms. The van der Waals surface area contributed by atoms with Gasteiger partial charge < -0.3 is 10.4 Å². The van der Waals surface area contributed by atoms with Crippen LogP contribution in [-0.4, -0.2) is 5.11 Å². The molecule has 0 aliphatic heterocycles. The van der Waals surface area contributed by atoms with E-state index in [4.69, 9.17) is 34.8 Å². The smallest absolute Gasteiger partial charge is 0.115 e. The normalized spacial score (nSPS) is 12.2. The molecule has 0 aliphatic rings. The fraction of sp³-hybridized carbons (Fsp3) is 0.143. The lowest BCUT2D eigenvalue weighted by Crippen LogP contribution is -2.07. The van der Waals surface area contributed by atoms with Crippen molar-refractivity contribution in [2.75, 3.05) is 5.32 Å². The van der Waals surface area contributed by atoms with Gasteiger partial charge in [0.2, 0.25) is 0 Å². The van der Waals surface area contributed by atoms with Gasteiger partial charge in [-0.1, -0.05) is 46.9 Å². The number of phenols is 1. The summed E-state index contributed by atoms with van der Waals surface area (Å²) in [4.78, 5) is 0. The van der Waals surface area contributed by atoms with E-state index < -0.39 is 0 Å². The van der Waals surface area contributed by atoms with Gasteiger partial charge in [0.05, 0.1) is 15.7 Å². The van der Waals surface area contributed by atoms with Gasteiger partial charge in [0, 0.05) is 11.1 Å². The number of aromatic hydroxyl groups is 1. The first kappa shape index (κ1) is 14.3. The summed E-state index contributed by atoms with van der Waals surface area (Å²) in [5.74, 6) is 0.235. The maximum Gasteiger partial charge on any atom is 0.115 e. The summed E-state index contributed by atoms with van der Waals surface area (Å²) in [5, 5.41) is 14.0. The fourth-order valence-electron chi connectivity index (χ4n) is 1.74. The Morgan fingerprint density at radius 2 is 1.53 bits per heavy atom. The third kappa shape index (κ3) is 3.47. The van der Waals surface area contributed by atoms with E-state index in [1.807, 2.05) is 19.1 Å². The van der Waals surface area contributed by atoms with Crippen molar-refractivity contribution in [1.82, 2.24) is 0 Å². The zero-order chi connectivity index (χ0) is 14.0. The molecule has 0 aliphatic carbocycles. The largest absolute Gasteiger partial charge is 0.508 e. The zero-order valence-corrected chi connectivity index (χ0v) is 12.4. The predicted molar refractivity (Wildman–Crippen MR) is 81.6 cm³/mol. The molecule has 0 bridgehead atoms. The molecule has 1 unspecified atom stereocenters. The highest BCUT2D eigenvalue weighted by Gasteiger charge is 2.12. The number of rotatable bonds is 3. The Balaban J connectivity index is 2.24. The topological polar surface area (TPSA) is 32.3 Å². The van der Waals surface area contributed by atoms with Crippen LogP contribution in [0.25, 0.3) is 0 Å². The van der Waals surface area contributed by atoms with Gasteiger partial charge in [0.25, 0.3) is 0 Å². The van der Waals surface area contributed by atoms with E-state index in [2.05, 4.69) is 5.32 Å². The molecule has 19 heavy (non-hydrogen) atoms. The van der Waals surface area contributed by atoms with Gasteiger partial charge in [0.15, 0.2) is 0 Å². The van der Waals surface area contributed by atoms with E-state index in [0.29, 0.717) is 20.8 Å². The monoisotopic (exact) mass is 315 g/mol. The minimum Gasteiger partial charge on any atom is -0.508 e. The van der Waals surface area contributed by atoms with Gasteiger partial charge in [0.1, 0.15) is 5.75 Å². The SMILES string of the molecule is CC(Nc1c(Cl)cc(Cl)cc1Cl)c1ccc(O)cc1. The Kier molecular flexibility index (Phi) is 4.46. The minimum absolute atomic E-state index is 0.00299. The number of nitrogens with one attached hydrogen (secondary N) is 1. The van der Waals surface area contributed by atoms with Crippen LogP contribution in [0.2, 0.25) is 15.1 Å². The van der Waals surface area contributed by atoms with Crippen LogP contribution in [0.3, 0.4) is 0 Å². The van der Waals surface area contributed by atoms with Crippen LogP contribution in [0, 0.1) is 0 Å². The van der Waals surface area contributed by atoms with Crippen LogP contribution in [-0.2, 0) is 0 Å². The van der Waals surface area contributed by atoms with Crippen LogP contribution >= 0.6 is 34.8 Å². The van der Waals surface area contributed by atoms with Crippen molar-refractivity contribution in [3.8, 4) is 5.75 Å². The van der Waals surface area contributed by atoms with E-state index in [9.17, 15) is 5.11 Å². The van der Waals surface area contributed by atoms with Crippen LogP contribution in [0.5, 0.6) is 5.75 Å². The molecule has 0 heterocycles. The number of halogens is 3. The maximum atomic E-state index is 9.27. The Labute approximate surface area is 126 Å². The Morgan fingerprint density at radius 1 is 1.00 bits per heavy atom. The van der Waals surface area contributed by atoms with Crippen molar-refractivity contribution < 1.29 is 5.11 Å². The van der Waals surface area contributed by atoms with Crippen molar-refractivity contribution in [3.05, 3.63) is 57.0 Å². The molecule has 0 saturated heterocycles. The van der Waals surface area contributed by atoms with Crippen LogP contribution in [0.15, 0.2) is 36.4 Å². The first-order valence-electron chi connectivity index (χ1n) is 5.67. The van der Waals surface area contributed by atoms with Gasteiger partial charge >= 0.3 is 0 Å². The molecule has 0 spiro atoms. The van der Waals surface area contributed by atoms with Gasteiger partial charge in [-0.2, -0.15) is 0 Å². The Morgan fingerprint density at radius 3 is 2.05 bits per heavy atom. The predicted octanol–water partition coefficient (Wildman–Crippen LogP) is 5.53. The number of hydrogen-bond acceptors (Lipinski definition) is 2. The lowest BCUT2D eigenvalue weighted by atomic mass is 10.1. The lowest BCUT2D eigenvalue weighted by Gasteiger charge is -2.18. The van der Waals surface area contributed by atoms with Crippen LogP contribution in [0.1, 0.15) is 18.5 Å². The number of anilines is 1. The molecule has 0 saturated carbocycles. The maximum absolute atomic E-state index is 9.27. The molecule has 2 aromatic rings. The zero-order valence-electron chi connectivity index (χ0n) is 10.1. The molecule has 2 N–H and O–H groups in total. The molecule has 2 aromatic carbocycles. The second-order valence-electron chi connectivity index (χ2n) is 4.20. The summed E-state index contributed by atoms with van der Waals surface area (Å²) >= 11 is 18.1. The summed E-state index contributed by atoms with van der Waals surface area (Å²) in [6.45, 7) is 1.98. The third-order valence-corrected chi connectivity index (χ3v) is 3.58. The average molecular weight is 317 g/mol. The van der Waals surface area contributed by atoms with Crippen molar-refractivity contribution in [1.29, 1.82) is 0 Å². The molecule has 0 radical (unpaired) electrons. The van der Waals surface area contributed by atoms with Crippen LogP contribution < -0.4 is 5.32 Å². The number of hydrogen-bond donors (Lipinski definition) is 2. The van der Waals surface area contributed by atoms with Gasteiger partial charge in [-0.05, 0) is 36.8 Å². The lowest BCUT2D eigenvalue weighted by molar-refractivity contribution is 0.475. The molecule has 100 valence electrons. The summed E-state index contributed by atoms with van der Waals surface area (Å²) in [5.41, 5.74) is 1.66. The molecule has 2 nitrogen and oxygen atoms in total. The first-order chi connectivity index (χ1) is 8.97. The summed E-state index contributed by atoms with van der Waals surface area (Å²) in [6, 6.07) is 10.2. The van der Waals surface area contributed by atoms with Crippen molar-refractivity contribution in [2.24, 2.45) is 0 Å². The summed E-state index contributed by atoms with van der Waals surface area (Å²) in [7, 11) is 0. The number of benzene rings is 2. The summed E-state index contributed by atoms with van der Waals surface area (Å²) < 4.78 is 0. The molecule has 1 atom stereocenters. The van der Waals surface area contributed by atoms with Gasteiger partial charge in [-0.25, -0.2) is 0 Å². The third-order valence-electron chi connectivity index (χ3n) is 2.76. The standard InChI is InChI=1S/C14H12Cl3NO/c1-8(9-2-4-11(19)5-3-9)18-14-12(16)6-10(15)7-13(14)17/h2-8,18-19H,1H3. The van der Waals surface area contributed by atoms with Crippen LogP contribution in [0.4, 0.5) is 5.69 Å². The van der Waals surface area contributed by atoms with E-state index in [1.165, 1.54) is 0 Å². The minimum atomic E-state index is -0.00299. The highest BCUT2D eigenvalue weighted by atomic mass is 35.5. The second-order valence-corrected chi connectivity index (χ2v) is 5.45. The quantitative estimate of drug-likeness (QED) is 0.780. The van der Waals surface area contributed by atoms with Gasteiger partial charge in [-0.3, -0.25) is 0 Å². The molecular weight excluding hydrogens is 305 g/mol.